The summed E-state index contributed by atoms with van der Waals surface area (Å²) in [5, 5.41) is 17.3. The van der Waals surface area contributed by atoms with E-state index in [2.05, 4.69) is 10.5 Å². The van der Waals surface area contributed by atoms with E-state index in [4.69, 9.17) is 14.0 Å². The summed E-state index contributed by atoms with van der Waals surface area (Å²) < 4.78 is 17.1. The molecule has 2 heterocycles. The van der Waals surface area contributed by atoms with Gasteiger partial charge in [0, 0.05) is 24.9 Å². The van der Waals surface area contributed by atoms with Gasteiger partial charge in [0.2, 0.25) is 5.91 Å². The number of nitrogens with one attached hydrogen (secondary N) is 1. The molecule has 0 saturated carbocycles. The topological polar surface area (TPSA) is 93.8 Å². The van der Waals surface area contributed by atoms with Crippen molar-refractivity contribution in [3.63, 3.8) is 0 Å². The smallest absolute Gasteiger partial charge is 0.223 e. The van der Waals surface area contributed by atoms with E-state index in [-0.39, 0.29) is 17.9 Å². The number of rotatable bonds is 10. The van der Waals surface area contributed by atoms with Crippen molar-refractivity contribution < 1.29 is 23.9 Å². The average molecular weight is 417 g/mol. The molecule has 0 spiro atoms. The molecule has 3 atom stereocenters. The van der Waals surface area contributed by atoms with Crippen molar-refractivity contribution in [3.05, 3.63) is 47.9 Å². The minimum absolute atomic E-state index is 0.00758. The van der Waals surface area contributed by atoms with Crippen molar-refractivity contribution in [1.29, 1.82) is 0 Å². The lowest BCUT2D eigenvalue weighted by atomic mass is 9.97. The number of carbonyl (C=O) groups is 1. The Kier molecular flexibility index (Phi) is 8.28. The van der Waals surface area contributed by atoms with Crippen LogP contribution < -0.4 is 10.1 Å². The molecule has 30 heavy (non-hydrogen) atoms. The summed E-state index contributed by atoms with van der Waals surface area (Å²) in [6.07, 6.45) is 2.53. The fourth-order valence-corrected chi connectivity index (χ4v) is 3.71. The minimum atomic E-state index is -0.574. The Morgan fingerprint density at radius 2 is 2.03 bits per heavy atom. The third-order valence-electron chi connectivity index (χ3n) is 5.58. The van der Waals surface area contributed by atoms with Gasteiger partial charge in [-0.2, -0.15) is 0 Å². The van der Waals surface area contributed by atoms with Gasteiger partial charge < -0.3 is 24.4 Å². The Morgan fingerprint density at radius 1 is 1.27 bits per heavy atom. The van der Waals surface area contributed by atoms with Crippen LogP contribution in [0.4, 0.5) is 0 Å². The number of nitrogens with zero attached hydrogens (tertiary/aromatic N) is 1. The zero-order valence-corrected chi connectivity index (χ0v) is 17.8. The molecule has 1 saturated heterocycles. The molecule has 1 aromatic heterocycles. The molecule has 1 aliphatic heterocycles. The first-order valence-corrected chi connectivity index (χ1v) is 10.8. The summed E-state index contributed by atoms with van der Waals surface area (Å²) >= 11 is 0. The Morgan fingerprint density at radius 3 is 2.77 bits per heavy atom. The number of carbonyl (C=O) groups excluding carboxylic acids is 1. The molecule has 2 N–H and O–H groups in total. The van der Waals surface area contributed by atoms with Crippen molar-refractivity contribution in [2.75, 3.05) is 6.54 Å². The highest BCUT2D eigenvalue weighted by atomic mass is 16.5. The second kappa shape index (κ2) is 11.1. The monoisotopic (exact) mass is 416 g/mol. The van der Waals surface area contributed by atoms with E-state index in [0.29, 0.717) is 31.8 Å². The third kappa shape index (κ3) is 6.31. The van der Waals surface area contributed by atoms with Gasteiger partial charge in [-0.1, -0.05) is 37.2 Å². The SMILES string of the molecule is CCC(CC)C(=O)NCC1OC(Cc2cc(COc3ccccc3)on2)CCC1O. The highest BCUT2D eigenvalue weighted by Gasteiger charge is 2.31. The van der Waals surface area contributed by atoms with Gasteiger partial charge in [-0.3, -0.25) is 4.79 Å². The fourth-order valence-electron chi connectivity index (χ4n) is 3.71. The van der Waals surface area contributed by atoms with Crippen molar-refractivity contribution >= 4 is 5.91 Å². The molecular formula is C23H32N2O5. The standard InChI is InChI=1S/C23H32N2O5/c1-3-16(4-2)23(27)24-14-22-21(26)11-10-19(29-22)12-17-13-20(30-25-17)15-28-18-8-6-5-7-9-18/h5-9,13,16,19,21-22,26H,3-4,10-12,14-15H2,1-2H3,(H,24,27). The summed E-state index contributed by atoms with van der Waals surface area (Å²) in [7, 11) is 0. The number of benzene rings is 1. The van der Waals surface area contributed by atoms with Crippen LogP contribution in [0.3, 0.4) is 0 Å². The molecule has 1 fully saturated rings. The van der Waals surface area contributed by atoms with Gasteiger partial charge in [0.1, 0.15) is 18.5 Å². The molecule has 7 heteroatoms. The third-order valence-corrected chi connectivity index (χ3v) is 5.58. The number of para-hydroxylation sites is 1. The largest absolute Gasteiger partial charge is 0.486 e. The van der Waals surface area contributed by atoms with E-state index >= 15 is 0 Å². The molecular weight excluding hydrogens is 384 g/mol. The van der Waals surface area contributed by atoms with Crippen molar-refractivity contribution in [2.24, 2.45) is 5.92 Å². The molecule has 1 aliphatic rings. The maximum Gasteiger partial charge on any atom is 0.223 e. The summed E-state index contributed by atoms with van der Waals surface area (Å²) in [5.41, 5.74) is 0.794. The van der Waals surface area contributed by atoms with Gasteiger partial charge in [0.15, 0.2) is 5.76 Å². The minimum Gasteiger partial charge on any atom is -0.486 e. The van der Waals surface area contributed by atoms with Crippen LogP contribution in [0.1, 0.15) is 51.0 Å². The van der Waals surface area contributed by atoms with Gasteiger partial charge in [0.25, 0.3) is 0 Å². The number of hydrogen-bond acceptors (Lipinski definition) is 6. The van der Waals surface area contributed by atoms with Crippen LogP contribution in [-0.2, 0) is 22.6 Å². The lowest BCUT2D eigenvalue weighted by molar-refractivity contribution is -0.132. The second-order valence-corrected chi connectivity index (χ2v) is 7.79. The van der Waals surface area contributed by atoms with E-state index in [9.17, 15) is 9.90 Å². The summed E-state index contributed by atoms with van der Waals surface area (Å²) in [6, 6.07) is 11.4. The molecule has 0 aliphatic carbocycles. The maximum atomic E-state index is 12.2. The molecule has 164 valence electrons. The highest BCUT2D eigenvalue weighted by Crippen LogP contribution is 2.23. The molecule has 0 radical (unpaired) electrons. The normalized spacial score (nSPS) is 21.5. The van der Waals surface area contributed by atoms with Gasteiger partial charge in [-0.15, -0.1) is 0 Å². The lowest BCUT2D eigenvalue weighted by Crippen LogP contribution is -2.47. The summed E-state index contributed by atoms with van der Waals surface area (Å²) in [5.74, 6) is 1.46. The Labute approximate surface area is 177 Å². The fraction of sp³-hybridized carbons (Fsp3) is 0.565. The van der Waals surface area contributed by atoms with Crippen LogP contribution in [0.2, 0.25) is 0 Å². The van der Waals surface area contributed by atoms with Gasteiger partial charge in [-0.05, 0) is 37.8 Å². The zero-order valence-electron chi connectivity index (χ0n) is 17.8. The van der Waals surface area contributed by atoms with Gasteiger partial charge in [-0.25, -0.2) is 0 Å². The van der Waals surface area contributed by atoms with E-state index in [1.165, 1.54) is 0 Å². The number of ether oxygens (including phenoxy) is 2. The second-order valence-electron chi connectivity index (χ2n) is 7.79. The molecule has 2 aromatic rings. The molecule has 1 amide bonds. The molecule has 3 unspecified atom stereocenters. The first-order valence-electron chi connectivity index (χ1n) is 10.8. The van der Waals surface area contributed by atoms with Crippen LogP contribution in [0.15, 0.2) is 40.9 Å². The predicted molar refractivity (Wildman–Crippen MR) is 112 cm³/mol. The number of amides is 1. The molecule has 0 bridgehead atoms. The maximum absolute atomic E-state index is 12.2. The molecule has 3 rings (SSSR count). The first kappa shape index (κ1) is 22.3. The van der Waals surface area contributed by atoms with Crippen LogP contribution in [0.25, 0.3) is 0 Å². The van der Waals surface area contributed by atoms with E-state index in [1.54, 1.807) is 0 Å². The molecule has 7 nitrogen and oxygen atoms in total. The van der Waals surface area contributed by atoms with Crippen LogP contribution >= 0.6 is 0 Å². The Bertz CT molecular complexity index is 775. The van der Waals surface area contributed by atoms with E-state index in [0.717, 1.165) is 30.7 Å². The number of aromatic nitrogens is 1. The Hall–Kier alpha value is -2.38. The van der Waals surface area contributed by atoms with E-state index < -0.39 is 12.2 Å². The number of hydrogen-bond donors (Lipinski definition) is 2. The van der Waals surface area contributed by atoms with Crippen LogP contribution in [0, 0.1) is 5.92 Å². The Balaban J connectivity index is 1.47. The summed E-state index contributed by atoms with van der Waals surface area (Å²) in [6.45, 7) is 4.65. The van der Waals surface area contributed by atoms with Crippen molar-refractivity contribution in [1.82, 2.24) is 10.5 Å². The quantitative estimate of drug-likeness (QED) is 0.617. The predicted octanol–water partition coefficient (Wildman–Crippen LogP) is 3.26. The number of aliphatic hydroxyl groups excluding tert-OH is 1. The van der Waals surface area contributed by atoms with Crippen molar-refractivity contribution in [2.45, 2.75) is 70.9 Å². The van der Waals surface area contributed by atoms with Gasteiger partial charge in [0.05, 0.1) is 17.9 Å². The van der Waals surface area contributed by atoms with Crippen molar-refractivity contribution in [3.8, 4) is 5.75 Å². The van der Waals surface area contributed by atoms with E-state index in [1.807, 2.05) is 50.2 Å². The molecule has 1 aromatic carbocycles. The lowest BCUT2D eigenvalue weighted by Gasteiger charge is -2.34. The number of aliphatic hydroxyl groups is 1. The first-order chi connectivity index (χ1) is 14.6. The highest BCUT2D eigenvalue weighted by molar-refractivity contribution is 5.78. The summed E-state index contributed by atoms with van der Waals surface area (Å²) in [4.78, 5) is 12.2. The van der Waals surface area contributed by atoms with Gasteiger partial charge >= 0.3 is 0 Å². The van der Waals surface area contributed by atoms with Crippen LogP contribution in [-0.4, -0.2) is 41.0 Å². The average Bonchev–Trinajstić information content (AvgIpc) is 3.21. The van der Waals surface area contributed by atoms with Crippen LogP contribution in [0.5, 0.6) is 5.75 Å². The zero-order chi connectivity index (χ0) is 21.3.